The molecule has 1 heterocycles. The van der Waals surface area contributed by atoms with Gasteiger partial charge in [-0.2, -0.15) is 5.26 Å². The van der Waals surface area contributed by atoms with E-state index in [2.05, 4.69) is 41.1 Å². The van der Waals surface area contributed by atoms with Gasteiger partial charge in [0.25, 0.3) is 0 Å². The normalized spacial score (nSPS) is 13.3. The van der Waals surface area contributed by atoms with Gasteiger partial charge in [0.1, 0.15) is 0 Å². The highest BCUT2D eigenvalue weighted by atomic mass is 14.9. The van der Waals surface area contributed by atoms with E-state index in [0.717, 1.165) is 25.8 Å². The van der Waals surface area contributed by atoms with Crippen LogP contribution in [0, 0.1) is 16.7 Å². The second-order valence-corrected chi connectivity index (χ2v) is 6.68. The highest BCUT2D eigenvalue weighted by Gasteiger charge is 2.15. The van der Waals surface area contributed by atoms with Crippen LogP contribution in [0.3, 0.4) is 0 Å². The van der Waals surface area contributed by atoms with Crippen molar-refractivity contribution >= 4 is 10.9 Å². The maximum absolute atomic E-state index is 9.07. The fourth-order valence-electron chi connectivity index (χ4n) is 2.67. The number of hydrogen-bond donors (Lipinski definition) is 1. The standard InChI is InChI=1S/C18H25N3/c1-14(20)11-15-5-6-16-7-10-21(17(16)12-15)9-4-8-18(2,3)13-19/h5-7,10,12,14H,4,8-9,11,20H2,1-3H3. The van der Waals surface area contributed by atoms with Crippen molar-refractivity contribution in [3.05, 3.63) is 36.0 Å². The Kier molecular flexibility index (Phi) is 4.69. The van der Waals surface area contributed by atoms with Crippen LogP contribution in [0.1, 0.15) is 39.2 Å². The van der Waals surface area contributed by atoms with Gasteiger partial charge in [-0.15, -0.1) is 0 Å². The molecular formula is C18H25N3. The molecule has 1 unspecified atom stereocenters. The Labute approximate surface area is 127 Å². The zero-order valence-electron chi connectivity index (χ0n) is 13.3. The van der Waals surface area contributed by atoms with Crippen molar-refractivity contribution < 1.29 is 0 Å². The van der Waals surface area contributed by atoms with Crippen LogP contribution in [-0.2, 0) is 13.0 Å². The van der Waals surface area contributed by atoms with E-state index in [9.17, 15) is 0 Å². The van der Waals surface area contributed by atoms with Crippen LogP contribution in [0.4, 0.5) is 0 Å². The van der Waals surface area contributed by atoms with Crippen LogP contribution in [0.5, 0.6) is 0 Å². The van der Waals surface area contributed by atoms with Gasteiger partial charge < -0.3 is 10.3 Å². The maximum Gasteiger partial charge on any atom is 0.0683 e. The number of nitriles is 1. The quantitative estimate of drug-likeness (QED) is 0.875. The largest absolute Gasteiger partial charge is 0.347 e. The molecule has 3 heteroatoms. The van der Waals surface area contributed by atoms with E-state index in [0.29, 0.717) is 0 Å². The average molecular weight is 283 g/mol. The van der Waals surface area contributed by atoms with Crippen LogP contribution in [0.2, 0.25) is 0 Å². The summed E-state index contributed by atoms with van der Waals surface area (Å²) < 4.78 is 2.29. The first-order valence-corrected chi connectivity index (χ1v) is 7.66. The lowest BCUT2D eigenvalue weighted by molar-refractivity contribution is 0.418. The van der Waals surface area contributed by atoms with Crippen molar-refractivity contribution in [3.63, 3.8) is 0 Å². The summed E-state index contributed by atoms with van der Waals surface area (Å²) in [7, 11) is 0. The lowest BCUT2D eigenvalue weighted by Crippen LogP contribution is -2.17. The van der Waals surface area contributed by atoms with Crippen molar-refractivity contribution in [2.75, 3.05) is 0 Å². The first-order chi connectivity index (χ1) is 9.91. The number of fused-ring (bicyclic) bond motifs is 1. The van der Waals surface area contributed by atoms with Crippen LogP contribution in [0.15, 0.2) is 30.5 Å². The van der Waals surface area contributed by atoms with E-state index in [1.54, 1.807) is 0 Å². The van der Waals surface area contributed by atoms with Crippen molar-refractivity contribution in [1.29, 1.82) is 5.26 Å². The smallest absolute Gasteiger partial charge is 0.0683 e. The molecule has 0 amide bonds. The number of benzene rings is 1. The molecule has 1 aromatic carbocycles. The topological polar surface area (TPSA) is 54.7 Å². The van der Waals surface area contributed by atoms with E-state index in [1.807, 2.05) is 20.8 Å². The van der Waals surface area contributed by atoms with Gasteiger partial charge >= 0.3 is 0 Å². The van der Waals surface area contributed by atoms with Crippen molar-refractivity contribution in [3.8, 4) is 6.07 Å². The van der Waals surface area contributed by atoms with Crippen LogP contribution in [0.25, 0.3) is 10.9 Å². The van der Waals surface area contributed by atoms with E-state index in [-0.39, 0.29) is 11.5 Å². The molecule has 1 aromatic heterocycles. The number of nitrogens with zero attached hydrogens (tertiary/aromatic N) is 2. The summed E-state index contributed by atoms with van der Waals surface area (Å²) in [5, 5.41) is 10.3. The van der Waals surface area contributed by atoms with E-state index in [1.165, 1.54) is 16.5 Å². The molecule has 2 rings (SSSR count). The highest BCUT2D eigenvalue weighted by molar-refractivity contribution is 5.80. The molecule has 3 nitrogen and oxygen atoms in total. The van der Waals surface area contributed by atoms with Gasteiger partial charge in [0.2, 0.25) is 0 Å². The predicted octanol–water partition coefficient (Wildman–Crippen LogP) is 3.86. The summed E-state index contributed by atoms with van der Waals surface area (Å²) in [5.41, 5.74) is 8.21. The minimum absolute atomic E-state index is 0.183. The molecule has 1 atom stereocenters. The summed E-state index contributed by atoms with van der Waals surface area (Å²) in [6.45, 7) is 6.99. The molecule has 2 aromatic rings. The summed E-state index contributed by atoms with van der Waals surface area (Å²) in [6, 6.07) is 11.3. The summed E-state index contributed by atoms with van der Waals surface area (Å²) in [6.07, 6.45) is 4.98. The molecule has 21 heavy (non-hydrogen) atoms. The Morgan fingerprint density at radius 2 is 2.10 bits per heavy atom. The van der Waals surface area contributed by atoms with Crippen LogP contribution in [-0.4, -0.2) is 10.6 Å². The second-order valence-electron chi connectivity index (χ2n) is 6.68. The third-order valence-electron chi connectivity index (χ3n) is 3.90. The first-order valence-electron chi connectivity index (χ1n) is 7.66. The molecule has 0 aliphatic heterocycles. The minimum atomic E-state index is -0.233. The van der Waals surface area contributed by atoms with Crippen LogP contribution < -0.4 is 5.73 Å². The molecule has 112 valence electrons. The van der Waals surface area contributed by atoms with Crippen LogP contribution >= 0.6 is 0 Å². The molecule has 0 aliphatic carbocycles. The van der Waals surface area contributed by atoms with E-state index >= 15 is 0 Å². The maximum atomic E-state index is 9.07. The molecule has 0 spiro atoms. The van der Waals surface area contributed by atoms with Gasteiger partial charge in [-0.05, 0) is 63.1 Å². The molecular weight excluding hydrogens is 258 g/mol. The minimum Gasteiger partial charge on any atom is -0.347 e. The second kappa shape index (κ2) is 6.32. The summed E-state index contributed by atoms with van der Waals surface area (Å²) in [4.78, 5) is 0. The zero-order chi connectivity index (χ0) is 15.5. The monoisotopic (exact) mass is 283 g/mol. The van der Waals surface area contributed by atoms with Crippen molar-refractivity contribution in [2.24, 2.45) is 11.1 Å². The van der Waals surface area contributed by atoms with Crippen molar-refractivity contribution in [1.82, 2.24) is 4.57 Å². The number of aryl methyl sites for hydroxylation is 1. The van der Waals surface area contributed by atoms with Gasteiger partial charge in [0.05, 0.1) is 11.5 Å². The highest BCUT2D eigenvalue weighted by Crippen LogP contribution is 2.23. The number of rotatable bonds is 6. The Morgan fingerprint density at radius 3 is 2.76 bits per heavy atom. The van der Waals surface area contributed by atoms with Gasteiger partial charge in [-0.25, -0.2) is 0 Å². The molecule has 0 fully saturated rings. The molecule has 2 N–H and O–H groups in total. The van der Waals surface area contributed by atoms with E-state index in [4.69, 9.17) is 11.0 Å². The SMILES string of the molecule is CC(N)Cc1ccc2ccn(CCCC(C)(C)C#N)c2c1. The Bertz CT molecular complexity index is 644. The predicted molar refractivity (Wildman–Crippen MR) is 87.9 cm³/mol. The lowest BCUT2D eigenvalue weighted by atomic mass is 9.90. The van der Waals surface area contributed by atoms with Gasteiger partial charge in [-0.1, -0.05) is 12.1 Å². The number of nitrogens with two attached hydrogens (primary N) is 1. The average Bonchev–Trinajstić information content (AvgIpc) is 2.81. The molecule has 0 bridgehead atoms. The fraction of sp³-hybridized carbons (Fsp3) is 0.500. The lowest BCUT2D eigenvalue weighted by Gasteiger charge is -2.15. The zero-order valence-corrected chi connectivity index (χ0v) is 13.3. The fourth-order valence-corrected chi connectivity index (χ4v) is 2.67. The summed E-state index contributed by atoms with van der Waals surface area (Å²) in [5.74, 6) is 0. The third kappa shape index (κ3) is 4.09. The third-order valence-corrected chi connectivity index (χ3v) is 3.90. The van der Waals surface area contributed by atoms with Gasteiger partial charge in [0.15, 0.2) is 0 Å². The Hall–Kier alpha value is -1.79. The Morgan fingerprint density at radius 1 is 1.33 bits per heavy atom. The summed E-state index contributed by atoms with van der Waals surface area (Å²) >= 11 is 0. The number of aromatic nitrogens is 1. The van der Waals surface area contributed by atoms with Crippen molar-refractivity contribution in [2.45, 2.75) is 52.6 Å². The molecule has 0 saturated carbocycles. The molecule has 0 saturated heterocycles. The molecule has 0 aliphatic rings. The Balaban J connectivity index is 2.11. The molecule has 0 radical (unpaired) electrons. The first kappa shape index (κ1) is 15.6. The number of hydrogen-bond acceptors (Lipinski definition) is 2. The van der Waals surface area contributed by atoms with Gasteiger partial charge in [-0.3, -0.25) is 0 Å². The van der Waals surface area contributed by atoms with E-state index < -0.39 is 0 Å². The van der Waals surface area contributed by atoms with Gasteiger partial charge in [0, 0.05) is 24.3 Å².